The van der Waals surface area contributed by atoms with E-state index in [9.17, 15) is 8.42 Å². The number of hydrogen-bond donors (Lipinski definition) is 1. The average Bonchev–Trinajstić information content (AvgIpc) is 2.64. The number of imidazole rings is 1. The summed E-state index contributed by atoms with van der Waals surface area (Å²) in [5, 5.41) is 3.40. The van der Waals surface area contributed by atoms with Crippen molar-refractivity contribution in [1.82, 2.24) is 14.9 Å². The van der Waals surface area contributed by atoms with Crippen LogP contribution in [0.3, 0.4) is 0 Å². The van der Waals surface area contributed by atoms with E-state index < -0.39 is 15.4 Å². The Morgan fingerprint density at radius 2 is 2.05 bits per heavy atom. The van der Waals surface area contributed by atoms with Crippen LogP contribution in [0.1, 0.15) is 25.7 Å². The molecular formula is C14H19N3O2S. The van der Waals surface area contributed by atoms with Gasteiger partial charge in [-0.1, -0.05) is 12.1 Å². The van der Waals surface area contributed by atoms with Crippen LogP contribution in [-0.4, -0.2) is 35.0 Å². The van der Waals surface area contributed by atoms with Gasteiger partial charge in [-0.15, -0.1) is 0 Å². The molecule has 0 spiro atoms. The van der Waals surface area contributed by atoms with Crippen LogP contribution < -0.4 is 5.32 Å². The van der Waals surface area contributed by atoms with E-state index in [0.717, 1.165) is 16.9 Å². The zero-order valence-corrected chi connectivity index (χ0v) is 12.7. The van der Waals surface area contributed by atoms with Gasteiger partial charge in [-0.05, 0) is 26.0 Å². The lowest BCUT2D eigenvalue weighted by Crippen LogP contribution is -2.54. The maximum atomic E-state index is 12.1. The highest BCUT2D eigenvalue weighted by molar-refractivity contribution is 7.91. The molecule has 5 nitrogen and oxygen atoms in total. The molecule has 1 aliphatic heterocycles. The fourth-order valence-corrected chi connectivity index (χ4v) is 5.07. The third kappa shape index (κ3) is 2.33. The van der Waals surface area contributed by atoms with E-state index in [1.54, 1.807) is 0 Å². The topological polar surface area (TPSA) is 64.0 Å². The highest BCUT2D eigenvalue weighted by Gasteiger charge is 2.38. The Hall–Kier alpha value is -1.40. The standard InChI is InChI=1S/C14H19N3O2S/c1-14(2)9-20(18,19)8-11(16-14)13-15-10-6-4-5-7-12(10)17(13)3/h4-7,11,16H,8-9H2,1-3H3. The van der Waals surface area contributed by atoms with Crippen LogP contribution in [0.2, 0.25) is 0 Å². The summed E-state index contributed by atoms with van der Waals surface area (Å²) in [6.07, 6.45) is 0. The first-order chi connectivity index (χ1) is 9.27. The number of hydrogen-bond acceptors (Lipinski definition) is 4. The fourth-order valence-electron chi connectivity index (χ4n) is 3.03. The molecule has 2 heterocycles. The van der Waals surface area contributed by atoms with Crippen LogP contribution >= 0.6 is 0 Å². The van der Waals surface area contributed by atoms with Crippen molar-refractivity contribution in [2.75, 3.05) is 11.5 Å². The summed E-state index contributed by atoms with van der Waals surface area (Å²) in [5.74, 6) is 1.05. The van der Waals surface area contributed by atoms with Crippen molar-refractivity contribution in [3.63, 3.8) is 0 Å². The molecule has 0 radical (unpaired) electrons. The lowest BCUT2D eigenvalue weighted by atomic mass is 10.1. The Balaban J connectivity index is 2.09. The van der Waals surface area contributed by atoms with Crippen molar-refractivity contribution in [2.45, 2.75) is 25.4 Å². The van der Waals surface area contributed by atoms with E-state index in [0.29, 0.717) is 0 Å². The molecule has 1 aromatic carbocycles. The second kappa shape index (κ2) is 4.30. The Labute approximate surface area is 118 Å². The van der Waals surface area contributed by atoms with Gasteiger partial charge in [-0.25, -0.2) is 13.4 Å². The third-order valence-corrected chi connectivity index (χ3v) is 5.70. The number of rotatable bonds is 1. The summed E-state index contributed by atoms with van der Waals surface area (Å²) in [6.45, 7) is 3.83. The maximum Gasteiger partial charge on any atom is 0.154 e. The molecule has 1 fully saturated rings. The molecular weight excluding hydrogens is 274 g/mol. The van der Waals surface area contributed by atoms with E-state index in [-0.39, 0.29) is 17.5 Å². The fraction of sp³-hybridized carbons (Fsp3) is 0.500. The van der Waals surface area contributed by atoms with Crippen LogP contribution in [0.5, 0.6) is 0 Å². The minimum atomic E-state index is -3.06. The molecule has 0 saturated carbocycles. The lowest BCUT2D eigenvalue weighted by molar-refractivity contribution is 0.348. The van der Waals surface area contributed by atoms with Crippen LogP contribution in [0.4, 0.5) is 0 Å². The summed E-state index contributed by atoms with van der Waals surface area (Å²) in [6, 6.07) is 7.58. The summed E-state index contributed by atoms with van der Waals surface area (Å²) in [7, 11) is -1.13. The van der Waals surface area contributed by atoms with Crippen molar-refractivity contribution in [2.24, 2.45) is 7.05 Å². The Kier molecular flexibility index (Phi) is 2.92. The van der Waals surface area contributed by atoms with Gasteiger partial charge in [-0.2, -0.15) is 0 Å². The molecule has 108 valence electrons. The zero-order chi connectivity index (χ0) is 14.5. The molecule has 1 atom stereocenters. The third-order valence-electron chi connectivity index (χ3n) is 3.70. The number of sulfone groups is 1. The van der Waals surface area contributed by atoms with E-state index >= 15 is 0 Å². The van der Waals surface area contributed by atoms with Gasteiger partial charge in [0, 0.05) is 12.6 Å². The molecule has 20 heavy (non-hydrogen) atoms. The molecule has 0 bridgehead atoms. The molecule has 1 N–H and O–H groups in total. The van der Waals surface area contributed by atoms with E-state index in [1.807, 2.05) is 49.7 Å². The highest BCUT2D eigenvalue weighted by Crippen LogP contribution is 2.27. The van der Waals surface area contributed by atoms with Gasteiger partial charge in [0.2, 0.25) is 0 Å². The highest BCUT2D eigenvalue weighted by atomic mass is 32.2. The maximum absolute atomic E-state index is 12.1. The average molecular weight is 293 g/mol. The van der Waals surface area contributed by atoms with E-state index in [1.165, 1.54) is 0 Å². The molecule has 2 aromatic rings. The van der Waals surface area contributed by atoms with Crippen LogP contribution in [0, 0.1) is 0 Å². The van der Waals surface area contributed by atoms with Crippen LogP contribution in [-0.2, 0) is 16.9 Å². The van der Waals surface area contributed by atoms with E-state index in [4.69, 9.17) is 0 Å². The predicted molar refractivity (Wildman–Crippen MR) is 79.3 cm³/mol. The lowest BCUT2D eigenvalue weighted by Gasteiger charge is -2.36. The second-order valence-electron chi connectivity index (χ2n) is 6.15. The van der Waals surface area contributed by atoms with Gasteiger partial charge >= 0.3 is 0 Å². The van der Waals surface area contributed by atoms with Crippen molar-refractivity contribution in [1.29, 1.82) is 0 Å². The molecule has 6 heteroatoms. The van der Waals surface area contributed by atoms with Gasteiger partial charge in [-0.3, -0.25) is 0 Å². The summed E-state index contributed by atoms with van der Waals surface area (Å²) >= 11 is 0. The first-order valence-electron chi connectivity index (χ1n) is 6.67. The second-order valence-corrected chi connectivity index (χ2v) is 8.26. The number of nitrogens with zero attached hydrogens (tertiary/aromatic N) is 2. The van der Waals surface area contributed by atoms with Crippen molar-refractivity contribution in [3.05, 3.63) is 30.1 Å². The molecule has 0 aliphatic carbocycles. The van der Waals surface area contributed by atoms with Crippen molar-refractivity contribution < 1.29 is 8.42 Å². The zero-order valence-electron chi connectivity index (χ0n) is 11.9. The number of aryl methyl sites for hydroxylation is 1. The molecule has 1 saturated heterocycles. The van der Waals surface area contributed by atoms with Gasteiger partial charge in [0.15, 0.2) is 9.84 Å². The molecule has 1 aromatic heterocycles. The van der Waals surface area contributed by atoms with Crippen molar-refractivity contribution in [3.8, 4) is 0 Å². The monoisotopic (exact) mass is 293 g/mol. The van der Waals surface area contributed by atoms with Crippen LogP contribution in [0.25, 0.3) is 11.0 Å². The minimum absolute atomic E-state index is 0.105. The number of aromatic nitrogens is 2. The van der Waals surface area contributed by atoms with Gasteiger partial charge in [0.1, 0.15) is 5.82 Å². The summed E-state index contributed by atoms with van der Waals surface area (Å²) < 4.78 is 26.2. The largest absolute Gasteiger partial charge is 0.330 e. The Morgan fingerprint density at radius 1 is 1.35 bits per heavy atom. The smallest absolute Gasteiger partial charge is 0.154 e. The Bertz CT molecular complexity index is 762. The number of para-hydroxylation sites is 2. The van der Waals surface area contributed by atoms with Gasteiger partial charge in [0.25, 0.3) is 0 Å². The van der Waals surface area contributed by atoms with Gasteiger partial charge in [0.05, 0.1) is 28.6 Å². The molecule has 3 rings (SSSR count). The SMILES string of the molecule is Cn1c(C2CS(=O)(=O)CC(C)(C)N2)nc2ccccc21. The number of nitrogens with one attached hydrogen (secondary N) is 1. The van der Waals surface area contributed by atoms with Crippen LogP contribution in [0.15, 0.2) is 24.3 Å². The van der Waals surface area contributed by atoms with E-state index in [2.05, 4.69) is 10.3 Å². The molecule has 1 unspecified atom stereocenters. The molecule has 1 aliphatic rings. The minimum Gasteiger partial charge on any atom is -0.330 e. The quantitative estimate of drug-likeness (QED) is 0.863. The molecule has 0 amide bonds. The Morgan fingerprint density at radius 3 is 2.70 bits per heavy atom. The number of benzene rings is 1. The first kappa shape index (κ1) is 13.6. The first-order valence-corrected chi connectivity index (χ1v) is 8.49. The number of fused-ring (bicyclic) bond motifs is 1. The summed E-state index contributed by atoms with van der Waals surface area (Å²) in [5.41, 5.74) is 1.48. The van der Waals surface area contributed by atoms with Gasteiger partial charge < -0.3 is 9.88 Å². The summed E-state index contributed by atoms with van der Waals surface area (Å²) in [4.78, 5) is 4.60. The normalized spacial score (nSPS) is 24.9. The van der Waals surface area contributed by atoms with Crippen molar-refractivity contribution >= 4 is 20.9 Å². The predicted octanol–water partition coefficient (Wildman–Crippen LogP) is 1.41.